The van der Waals surface area contributed by atoms with Crippen molar-refractivity contribution in [1.82, 2.24) is 0 Å². The molecule has 0 aliphatic rings. The molecule has 0 radical (unpaired) electrons. The number of rotatable bonds is 6. The summed E-state index contributed by atoms with van der Waals surface area (Å²) in [6.07, 6.45) is 1.40. The van der Waals surface area contributed by atoms with Crippen LogP contribution in [0, 0.1) is 0 Å². The summed E-state index contributed by atoms with van der Waals surface area (Å²) < 4.78 is 16.5. The van der Waals surface area contributed by atoms with Crippen LogP contribution in [-0.4, -0.2) is 18.5 Å². The van der Waals surface area contributed by atoms with Gasteiger partial charge in [0.2, 0.25) is 5.88 Å². The Balaban J connectivity index is 1.92. The van der Waals surface area contributed by atoms with Crippen molar-refractivity contribution in [2.75, 3.05) is 11.9 Å². The van der Waals surface area contributed by atoms with E-state index in [0.717, 1.165) is 11.1 Å². The van der Waals surface area contributed by atoms with Crippen molar-refractivity contribution in [3.63, 3.8) is 0 Å². The average Bonchev–Trinajstić information content (AvgIpc) is 3.44. The minimum Gasteiger partial charge on any atom is -0.462 e. The van der Waals surface area contributed by atoms with Crippen molar-refractivity contribution >= 4 is 17.8 Å². The fourth-order valence-electron chi connectivity index (χ4n) is 3.16. The number of hydrogen-bond donors (Lipinski definition) is 1. The van der Waals surface area contributed by atoms with E-state index in [1.54, 1.807) is 13.0 Å². The summed E-state index contributed by atoms with van der Waals surface area (Å²) in [5, 5.41) is 2.65. The third kappa shape index (κ3) is 3.75. The Morgan fingerprint density at radius 1 is 0.900 bits per heavy atom. The molecule has 0 atom stereocenters. The van der Waals surface area contributed by atoms with Gasteiger partial charge in [-0.3, -0.25) is 10.1 Å². The minimum absolute atomic E-state index is 0.00700. The molecule has 0 aliphatic heterocycles. The molecule has 0 unspecified atom stereocenters. The topological polar surface area (TPSA) is 81.7 Å². The molecule has 4 rings (SSSR count). The van der Waals surface area contributed by atoms with Gasteiger partial charge in [-0.15, -0.1) is 0 Å². The third-order valence-corrected chi connectivity index (χ3v) is 4.46. The van der Waals surface area contributed by atoms with Crippen LogP contribution < -0.4 is 5.32 Å². The lowest BCUT2D eigenvalue weighted by Crippen LogP contribution is -2.14. The van der Waals surface area contributed by atoms with Crippen LogP contribution in [0.5, 0.6) is 0 Å². The highest BCUT2D eigenvalue weighted by Gasteiger charge is 2.30. The zero-order valence-electron chi connectivity index (χ0n) is 16.3. The van der Waals surface area contributed by atoms with Gasteiger partial charge in [0.1, 0.15) is 11.3 Å². The Hall–Kier alpha value is -4.06. The van der Waals surface area contributed by atoms with E-state index in [2.05, 4.69) is 5.32 Å². The van der Waals surface area contributed by atoms with Gasteiger partial charge >= 0.3 is 5.97 Å². The second-order valence-electron chi connectivity index (χ2n) is 6.39. The predicted octanol–water partition coefficient (Wildman–Crippen LogP) is 5.64. The number of amides is 1. The van der Waals surface area contributed by atoms with Crippen LogP contribution >= 0.6 is 0 Å². The number of hydrogen-bond acceptors (Lipinski definition) is 5. The van der Waals surface area contributed by atoms with Crippen LogP contribution in [0.4, 0.5) is 5.88 Å². The number of carbonyl (C=O) groups excluding carboxylic acids is 2. The van der Waals surface area contributed by atoms with Gasteiger partial charge in [-0.05, 0) is 24.6 Å². The number of anilines is 1. The molecule has 2 aromatic carbocycles. The van der Waals surface area contributed by atoms with E-state index in [4.69, 9.17) is 13.6 Å². The first-order valence-corrected chi connectivity index (χ1v) is 9.48. The molecule has 4 aromatic rings. The SMILES string of the molecule is CCOC(=O)c1c(NC(=O)c2ccco2)oc(-c2ccccc2)c1-c1ccccc1. The maximum Gasteiger partial charge on any atom is 0.344 e. The zero-order chi connectivity index (χ0) is 20.9. The van der Waals surface area contributed by atoms with Crippen LogP contribution in [0.1, 0.15) is 27.8 Å². The van der Waals surface area contributed by atoms with E-state index in [-0.39, 0.29) is 23.8 Å². The third-order valence-electron chi connectivity index (χ3n) is 4.46. The normalized spacial score (nSPS) is 10.6. The van der Waals surface area contributed by atoms with Gasteiger partial charge in [-0.1, -0.05) is 60.7 Å². The Morgan fingerprint density at radius 3 is 2.17 bits per heavy atom. The minimum atomic E-state index is -0.586. The van der Waals surface area contributed by atoms with E-state index < -0.39 is 11.9 Å². The maximum absolute atomic E-state index is 12.9. The number of furan rings is 2. The Labute approximate surface area is 173 Å². The highest BCUT2D eigenvalue weighted by molar-refractivity contribution is 6.10. The molecule has 0 bridgehead atoms. The molecule has 150 valence electrons. The summed E-state index contributed by atoms with van der Waals surface area (Å²) in [5.41, 5.74) is 2.24. The number of ether oxygens (including phenoxy) is 1. The van der Waals surface area contributed by atoms with Crippen molar-refractivity contribution in [1.29, 1.82) is 0 Å². The van der Waals surface area contributed by atoms with Crippen LogP contribution in [0.3, 0.4) is 0 Å². The molecule has 6 nitrogen and oxygen atoms in total. The van der Waals surface area contributed by atoms with Gasteiger partial charge < -0.3 is 13.6 Å². The summed E-state index contributed by atoms with van der Waals surface area (Å²) >= 11 is 0. The summed E-state index contributed by atoms with van der Waals surface area (Å²) in [7, 11) is 0. The Kier molecular flexibility index (Phi) is 5.48. The quantitative estimate of drug-likeness (QED) is 0.423. The van der Waals surface area contributed by atoms with E-state index in [1.165, 1.54) is 12.3 Å². The molecule has 0 aliphatic carbocycles. The first-order chi connectivity index (χ1) is 14.7. The summed E-state index contributed by atoms with van der Waals surface area (Å²) in [6.45, 7) is 1.91. The number of esters is 1. The first kappa shape index (κ1) is 19.3. The summed E-state index contributed by atoms with van der Waals surface area (Å²) in [6, 6.07) is 21.9. The lowest BCUT2D eigenvalue weighted by Gasteiger charge is -2.07. The van der Waals surface area contributed by atoms with Crippen molar-refractivity contribution in [3.8, 4) is 22.5 Å². The van der Waals surface area contributed by atoms with E-state index in [9.17, 15) is 9.59 Å². The lowest BCUT2D eigenvalue weighted by molar-refractivity contribution is 0.0528. The molecule has 0 spiro atoms. The van der Waals surface area contributed by atoms with E-state index in [0.29, 0.717) is 11.3 Å². The van der Waals surface area contributed by atoms with Crippen molar-refractivity contribution < 1.29 is 23.2 Å². The predicted molar refractivity (Wildman–Crippen MR) is 112 cm³/mol. The average molecular weight is 401 g/mol. The van der Waals surface area contributed by atoms with Gasteiger partial charge in [0.15, 0.2) is 5.76 Å². The van der Waals surface area contributed by atoms with Crippen molar-refractivity contribution in [2.45, 2.75) is 6.92 Å². The second-order valence-corrected chi connectivity index (χ2v) is 6.39. The molecule has 2 heterocycles. The lowest BCUT2D eigenvalue weighted by atomic mass is 9.98. The molecule has 30 heavy (non-hydrogen) atoms. The van der Waals surface area contributed by atoms with Gasteiger partial charge in [0, 0.05) is 11.1 Å². The van der Waals surface area contributed by atoms with Crippen LogP contribution in [0.25, 0.3) is 22.5 Å². The van der Waals surface area contributed by atoms with Crippen LogP contribution in [0.2, 0.25) is 0 Å². The maximum atomic E-state index is 12.9. The molecule has 2 aromatic heterocycles. The van der Waals surface area contributed by atoms with Gasteiger partial charge in [-0.25, -0.2) is 4.79 Å². The van der Waals surface area contributed by atoms with E-state index in [1.807, 2.05) is 60.7 Å². The fourth-order valence-corrected chi connectivity index (χ4v) is 3.16. The molecular formula is C24H19NO5. The molecule has 0 saturated heterocycles. The first-order valence-electron chi connectivity index (χ1n) is 9.48. The number of benzene rings is 2. The largest absolute Gasteiger partial charge is 0.462 e. The standard InChI is InChI=1S/C24H19NO5/c1-2-28-24(27)20-19(16-10-5-3-6-11-16)21(17-12-7-4-8-13-17)30-23(20)25-22(26)18-14-9-15-29-18/h3-15H,2H2,1H3,(H,25,26). The molecule has 6 heteroatoms. The monoisotopic (exact) mass is 401 g/mol. The molecule has 1 N–H and O–H groups in total. The van der Waals surface area contributed by atoms with Crippen LogP contribution in [-0.2, 0) is 4.74 Å². The van der Waals surface area contributed by atoms with Crippen molar-refractivity contribution in [3.05, 3.63) is 90.4 Å². The highest BCUT2D eigenvalue weighted by Crippen LogP contribution is 2.42. The fraction of sp³-hybridized carbons (Fsp3) is 0.0833. The van der Waals surface area contributed by atoms with Crippen molar-refractivity contribution in [2.24, 2.45) is 0 Å². The Morgan fingerprint density at radius 2 is 1.57 bits per heavy atom. The molecule has 0 fully saturated rings. The molecule has 1 amide bonds. The van der Waals surface area contributed by atoms with Gasteiger partial charge in [0.05, 0.1) is 12.9 Å². The zero-order valence-corrected chi connectivity index (χ0v) is 16.3. The Bertz CT molecular complexity index is 1150. The summed E-state index contributed by atoms with van der Waals surface area (Å²) in [4.78, 5) is 25.5. The van der Waals surface area contributed by atoms with E-state index >= 15 is 0 Å². The van der Waals surface area contributed by atoms with Gasteiger partial charge in [-0.2, -0.15) is 0 Å². The number of carbonyl (C=O) groups is 2. The number of nitrogens with one attached hydrogen (secondary N) is 1. The van der Waals surface area contributed by atoms with Gasteiger partial charge in [0.25, 0.3) is 5.91 Å². The smallest absolute Gasteiger partial charge is 0.344 e. The second kappa shape index (κ2) is 8.53. The highest BCUT2D eigenvalue weighted by atomic mass is 16.5. The summed E-state index contributed by atoms with van der Waals surface area (Å²) in [5.74, 6) is -0.550. The molecular weight excluding hydrogens is 382 g/mol. The van der Waals surface area contributed by atoms with Crippen LogP contribution in [0.15, 0.2) is 87.9 Å². The molecule has 0 saturated carbocycles.